The third-order valence-corrected chi connectivity index (χ3v) is 6.34. The molecule has 0 unspecified atom stereocenters. The Balaban J connectivity index is 1.45. The van der Waals surface area contributed by atoms with Crippen LogP contribution < -0.4 is 0 Å². The molecule has 8 nitrogen and oxygen atoms in total. The average Bonchev–Trinajstić information content (AvgIpc) is 3.49. The van der Waals surface area contributed by atoms with Gasteiger partial charge in [0.15, 0.2) is 5.76 Å². The van der Waals surface area contributed by atoms with Crippen molar-refractivity contribution in [3.8, 4) is 5.88 Å². The second kappa shape index (κ2) is 7.54. The highest BCUT2D eigenvalue weighted by Crippen LogP contribution is 2.40. The van der Waals surface area contributed by atoms with Crippen molar-refractivity contribution in [1.29, 1.82) is 0 Å². The van der Waals surface area contributed by atoms with Gasteiger partial charge in [-0.3, -0.25) is 9.69 Å². The number of piperazine rings is 1. The van der Waals surface area contributed by atoms with E-state index in [0.717, 1.165) is 5.56 Å². The molecule has 0 saturated carbocycles. The first kappa shape index (κ1) is 18.8. The van der Waals surface area contributed by atoms with Gasteiger partial charge >= 0.3 is 0 Å². The largest absolute Gasteiger partial charge is 0.492 e. The molecule has 0 aliphatic carbocycles. The maximum Gasteiger partial charge on any atom is 0.289 e. The number of nitrogens with zero attached hydrogens (tertiary/aromatic N) is 5. The maximum atomic E-state index is 14.0. The molecule has 5 rings (SSSR count). The van der Waals surface area contributed by atoms with Gasteiger partial charge in [-0.15, -0.1) is 0 Å². The lowest BCUT2D eigenvalue weighted by Crippen LogP contribution is -2.49. The van der Waals surface area contributed by atoms with Crippen molar-refractivity contribution >= 4 is 22.2 Å². The van der Waals surface area contributed by atoms with Crippen LogP contribution in [-0.4, -0.2) is 61.6 Å². The molecule has 1 aliphatic heterocycles. The van der Waals surface area contributed by atoms with Gasteiger partial charge in [0, 0.05) is 26.2 Å². The van der Waals surface area contributed by atoms with Gasteiger partial charge in [-0.05, 0) is 29.8 Å². The third kappa shape index (κ3) is 3.23. The van der Waals surface area contributed by atoms with Crippen LogP contribution in [0.2, 0.25) is 0 Å². The molecular formula is C20H18FN5O3S. The highest BCUT2D eigenvalue weighted by atomic mass is 32.1. The van der Waals surface area contributed by atoms with Crippen molar-refractivity contribution in [2.45, 2.75) is 6.04 Å². The lowest BCUT2D eigenvalue weighted by Gasteiger charge is -2.38. The maximum absolute atomic E-state index is 14.0. The first-order valence-corrected chi connectivity index (χ1v) is 10.3. The molecule has 4 aromatic rings. The van der Waals surface area contributed by atoms with Crippen molar-refractivity contribution in [3.63, 3.8) is 0 Å². The minimum atomic E-state index is -0.380. The van der Waals surface area contributed by atoms with Crippen molar-refractivity contribution in [1.82, 2.24) is 24.4 Å². The zero-order valence-electron chi connectivity index (χ0n) is 15.8. The zero-order valence-corrected chi connectivity index (χ0v) is 16.6. The predicted octanol–water partition coefficient (Wildman–Crippen LogP) is 2.78. The lowest BCUT2D eigenvalue weighted by molar-refractivity contribution is 0.0567. The van der Waals surface area contributed by atoms with E-state index in [-0.39, 0.29) is 23.6 Å². The summed E-state index contributed by atoms with van der Waals surface area (Å²) >= 11 is 1.32. The molecule has 1 amide bonds. The standard InChI is InChI=1S/C20H18FN5O3S/c21-14-4-1-3-13(11-14)16(17-19(28)26-20(30-17)22-12-23-26)24-6-8-25(9-7-24)18(27)15-5-2-10-29-15/h1-5,10-12,16,28H,6-9H2/t16-/m1/s1. The van der Waals surface area contributed by atoms with Crippen LogP contribution in [0.1, 0.15) is 27.0 Å². The number of fused-ring (bicyclic) bond motifs is 1. The van der Waals surface area contributed by atoms with Crippen LogP contribution in [0.5, 0.6) is 5.88 Å². The summed E-state index contributed by atoms with van der Waals surface area (Å²) in [6.45, 7) is 2.10. The number of aromatic nitrogens is 3. The number of thiazole rings is 1. The number of hydrogen-bond donors (Lipinski definition) is 1. The number of carbonyl (C=O) groups excluding carboxylic acids is 1. The Bertz CT molecular complexity index is 1180. The number of carbonyl (C=O) groups is 1. The van der Waals surface area contributed by atoms with E-state index in [2.05, 4.69) is 15.0 Å². The second-order valence-electron chi connectivity index (χ2n) is 7.01. The molecule has 30 heavy (non-hydrogen) atoms. The third-order valence-electron chi connectivity index (χ3n) is 5.25. The molecule has 1 aromatic carbocycles. The first-order valence-electron chi connectivity index (χ1n) is 9.45. The Hall–Kier alpha value is -3.24. The van der Waals surface area contributed by atoms with Crippen molar-refractivity contribution in [2.24, 2.45) is 0 Å². The fraction of sp³-hybridized carbons (Fsp3) is 0.250. The van der Waals surface area contributed by atoms with E-state index >= 15 is 0 Å². The quantitative estimate of drug-likeness (QED) is 0.539. The van der Waals surface area contributed by atoms with E-state index in [1.165, 1.54) is 40.6 Å². The van der Waals surface area contributed by atoms with Gasteiger partial charge < -0.3 is 14.4 Å². The van der Waals surface area contributed by atoms with Gasteiger partial charge in [0.05, 0.1) is 17.2 Å². The smallest absolute Gasteiger partial charge is 0.289 e. The summed E-state index contributed by atoms with van der Waals surface area (Å²) in [5.74, 6) is -0.184. The highest BCUT2D eigenvalue weighted by Gasteiger charge is 2.33. The molecule has 1 aliphatic rings. The minimum absolute atomic E-state index is 0.00384. The van der Waals surface area contributed by atoms with E-state index in [1.807, 2.05) is 6.07 Å². The summed E-state index contributed by atoms with van der Waals surface area (Å²) in [6, 6.07) is 9.31. The first-order chi connectivity index (χ1) is 14.6. The van der Waals surface area contributed by atoms with Crippen LogP contribution in [0.15, 0.2) is 53.4 Å². The Kier molecular flexibility index (Phi) is 4.72. The van der Waals surface area contributed by atoms with Crippen molar-refractivity contribution in [2.75, 3.05) is 26.2 Å². The molecule has 0 radical (unpaired) electrons. The zero-order chi connectivity index (χ0) is 20.7. The van der Waals surface area contributed by atoms with Crippen LogP contribution in [0.3, 0.4) is 0 Å². The van der Waals surface area contributed by atoms with Gasteiger partial charge in [-0.25, -0.2) is 9.37 Å². The van der Waals surface area contributed by atoms with E-state index in [1.54, 1.807) is 23.1 Å². The number of rotatable bonds is 4. The predicted molar refractivity (Wildman–Crippen MR) is 107 cm³/mol. The summed E-state index contributed by atoms with van der Waals surface area (Å²) in [4.78, 5) is 21.8. The summed E-state index contributed by atoms with van der Waals surface area (Å²) < 4.78 is 20.6. The number of hydrogen-bond acceptors (Lipinski definition) is 7. The molecule has 3 aromatic heterocycles. The molecule has 0 bridgehead atoms. The van der Waals surface area contributed by atoms with E-state index in [0.29, 0.717) is 41.8 Å². The van der Waals surface area contributed by atoms with Crippen molar-refractivity contribution in [3.05, 3.63) is 71.0 Å². The normalized spacial score (nSPS) is 16.2. The Labute approximate surface area is 174 Å². The van der Waals surface area contributed by atoms with E-state index in [9.17, 15) is 14.3 Å². The fourth-order valence-electron chi connectivity index (χ4n) is 3.82. The molecule has 10 heteroatoms. The van der Waals surface area contributed by atoms with Gasteiger partial charge in [0.25, 0.3) is 5.91 Å². The van der Waals surface area contributed by atoms with E-state index < -0.39 is 0 Å². The molecule has 0 spiro atoms. The molecule has 154 valence electrons. The fourth-order valence-corrected chi connectivity index (χ4v) is 4.91. The van der Waals surface area contributed by atoms with Crippen LogP contribution in [0, 0.1) is 5.82 Å². The topological polar surface area (TPSA) is 87.1 Å². The van der Waals surface area contributed by atoms with Gasteiger partial charge in [0.1, 0.15) is 12.1 Å². The van der Waals surface area contributed by atoms with Crippen LogP contribution in [0.25, 0.3) is 4.96 Å². The molecule has 1 atom stereocenters. The number of amides is 1. The summed E-state index contributed by atoms with van der Waals surface area (Å²) in [5, 5.41) is 14.8. The van der Waals surface area contributed by atoms with Crippen LogP contribution >= 0.6 is 11.3 Å². The Morgan fingerprint density at radius 3 is 2.73 bits per heavy atom. The number of aromatic hydroxyl groups is 1. The SMILES string of the molecule is O=C(c1ccco1)N1CCN([C@H](c2cccc(F)c2)c2sc3ncnn3c2O)CC1. The molecule has 1 fully saturated rings. The van der Waals surface area contributed by atoms with Gasteiger partial charge in [-0.1, -0.05) is 23.5 Å². The summed E-state index contributed by atoms with van der Waals surface area (Å²) in [5.41, 5.74) is 0.723. The lowest BCUT2D eigenvalue weighted by atomic mass is 10.0. The number of furan rings is 1. The van der Waals surface area contributed by atoms with Crippen LogP contribution in [-0.2, 0) is 0 Å². The average molecular weight is 427 g/mol. The number of halogens is 1. The Morgan fingerprint density at radius 1 is 1.20 bits per heavy atom. The number of benzene rings is 1. The van der Waals surface area contributed by atoms with Crippen LogP contribution in [0.4, 0.5) is 4.39 Å². The van der Waals surface area contributed by atoms with Gasteiger partial charge in [0.2, 0.25) is 10.8 Å². The van der Waals surface area contributed by atoms with Crippen molar-refractivity contribution < 1.29 is 18.7 Å². The summed E-state index contributed by atoms with van der Waals surface area (Å²) in [6.07, 6.45) is 2.86. The van der Waals surface area contributed by atoms with Gasteiger partial charge in [-0.2, -0.15) is 9.61 Å². The molecule has 1 N–H and O–H groups in total. The monoisotopic (exact) mass is 427 g/mol. The minimum Gasteiger partial charge on any atom is -0.492 e. The highest BCUT2D eigenvalue weighted by molar-refractivity contribution is 7.17. The molecule has 1 saturated heterocycles. The second-order valence-corrected chi connectivity index (χ2v) is 8.02. The van der Waals surface area contributed by atoms with E-state index in [4.69, 9.17) is 4.42 Å². The molecular weight excluding hydrogens is 409 g/mol. The Morgan fingerprint density at radius 2 is 2.03 bits per heavy atom. The summed E-state index contributed by atoms with van der Waals surface area (Å²) in [7, 11) is 0. The molecule has 4 heterocycles.